The second-order valence-corrected chi connectivity index (χ2v) is 5.87. The van der Waals surface area contributed by atoms with Crippen LogP contribution in [0.25, 0.3) is 28.0 Å². The third-order valence-corrected chi connectivity index (χ3v) is 4.29. The Balaban J connectivity index is 2.18. The highest BCUT2D eigenvalue weighted by atomic mass is 35.5. The maximum absolute atomic E-state index is 12.2. The first-order chi connectivity index (χ1) is 12.1. The van der Waals surface area contributed by atoms with Crippen LogP contribution in [0.5, 0.6) is 5.75 Å². The first-order valence-corrected chi connectivity index (χ1v) is 7.85. The molecule has 2 aromatic carbocycles. The predicted molar refractivity (Wildman–Crippen MR) is 96.1 cm³/mol. The molecule has 7 heteroatoms. The van der Waals surface area contributed by atoms with E-state index in [1.807, 2.05) is 24.3 Å². The molecule has 0 saturated carbocycles. The molecule has 0 atom stereocenters. The molecule has 2 aromatic rings. The molecular weight excluding hydrogens is 342 g/mol. The standard InChI is InChI=1S/C18H12ClN3O3/c1-25-15-7-6-11(9-13(15)19)22-14-5-3-2-4-10(14)8-12-16(22)20-18(24)21-17(12)23/h2-9H,1H3,(H,21,23,24). The van der Waals surface area contributed by atoms with Gasteiger partial charge in [0, 0.05) is 5.69 Å². The van der Waals surface area contributed by atoms with Gasteiger partial charge in [-0.25, -0.2) is 4.79 Å². The molecule has 0 saturated heterocycles. The van der Waals surface area contributed by atoms with Gasteiger partial charge >= 0.3 is 5.69 Å². The summed E-state index contributed by atoms with van der Waals surface area (Å²) in [7, 11) is 1.53. The Bertz CT molecular complexity index is 1200. The van der Waals surface area contributed by atoms with Crippen molar-refractivity contribution in [1.29, 1.82) is 0 Å². The number of ether oxygens (including phenoxy) is 1. The summed E-state index contributed by atoms with van der Waals surface area (Å²) < 4.78 is 6.93. The van der Waals surface area contributed by atoms with Gasteiger partial charge in [-0.15, -0.1) is 0 Å². The van der Waals surface area contributed by atoms with Crippen LogP contribution in [0.2, 0.25) is 5.02 Å². The topological polar surface area (TPSA) is 77.0 Å². The highest BCUT2D eigenvalue weighted by Crippen LogP contribution is 2.31. The molecular formula is C18H12ClN3O3. The van der Waals surface area contributed by atoms with Crippen molar-refractivity contribution >= 4 is 22.5 Å². The van der Waals surface area contributed by atoms with Crippen molar-refractivity contribution in [3.05, 3.63) is 74.4 Å². The second-order valence-electron chi connectivity index (χ2n) is 5.47. The van der Waals surface area contributed by atoms with Gasteiger partial charge in [-0.3, -0.25) is 14.3 Å². The summed E-state index contributed by atoms with van der Waals surface area (Å²) in [5.74, 6) is 0.805. The molecule has 0 aromatic heterocycles. The average Bonchev–Trinajstić information content (AvgIpc) is 2.60. The van der Waals surface area contributed by atoms with Gasteiger partial charge in [-0.1, -0.05) is 29.8 Å². The van der Waals surface area contributed by atoms with E-state index in [1.165, 1.54) is 7.11 Å². The highest BCUT2D eigenvalue weighted by molar-refractivity contribution is 6.32. The summed E-state index contributed by atoms with van der Waals surface area (Å²) in [4.78, 5) is 30.2. The van der Waals surface area contributed by atoms with E-state index in [4.69, 9.17) is 16.3 Å². The number of H-pyrrole nitrogens is 1. The molecule has 0 amide bonds. The average molecular weight is 354 g/mol. The van der Waals surface area contributed by atoms with Gasteiger partial charge < -0.3 is 4.74 Å². The van der Waals surface area contributed by atoms with E-state index in [0.717, 1.165) is 10.9 Å². The zero-order chi connectivity index (χ0) is 17.6. The molecule has 0 aliphatic carbocycles. The van der Waals surface area contributed by atoms with Gasteiger partial charge in [0.2, 0.25) is 0 Å². The Labute approximate surface area is 146 Å². The number of halogens is 1. The molecule has 2 aliphatic rings. The van der Waals surface area contributed by atoms with Gasteiger partial charge in [0.15, 0.2) is 5.82 Å². The number of aromatic amines is 1. The summed E-state index contributed by atoms with van der Waals surface area (Å²) in [6, 6.07) is 14.5. The van der Waals surface area contributed by atoms with E-state index < -0.39 is 11.2 Å². The Morgan fingerprint density at radius 3 is 2.68 bits per heavy atom. The number of methoxy groups -OCH3 is 1. The van der Waals surface area contributed by atoms with Crippen molar-refractivity contribution in [3.63, 3.8) is 0 Å². The summed E-state index contributed by atoms with van der Waals surface area (Å²) in [6.07, 6.45) is 0. The van der Waals surface area contributed by atoms with Crippen LogP contribution >= 0.6 is 11.6 Å². The lowest BCUT2D eigenvalue weighted by Gasteiger charge is -2.18. The number of nitrogens with one attached hydrogen (secondary N) is 1. The van der Waals surface area contributed by atoms with Gasteiger partial charge in [0.1, 0.15) is 5.75 Å². The summed E-state index contributed by atoms with van der Waals surface area (Å²) in [5.41, 5.74) is 0.624. The monoisotopic (exact) mass is 353 g/mol. The fourth-order valence-electron chi connectivity index (χ4n) is 2.89. The van der Waals surface area contributed by atoms with Crippen molar-refractivity contribution < 1.29 is 4.74 Å². The van der Waals surface area contributed by atoms with Crippen LogP contribution in [0.1, 0.15) is 0 Å². The molecule has 6 nitrogen and oxygen atoms in total. The third kappa shape index (κ3) is 2.47. The number of nitrogens with zero attached hydrogens (tertiary/aromatic N) is 2. The third-order valence-electron chi connectivity index (χ3n) is 4.00. The lowest BCUT2D eigenvalue weighted by molar-refractivity contribution is 0.415. The number of fused-ring (bicyclic) bond motifs is 2. The maximum Gasteiger partial charge on any atom is 0.349 e. The van der Waals surface area contributed by atoms with Crippen molar-refractivity contribution in [1.82, 2.24) is 14.5 Å². The fraction of sp³-hybridized carbons (Fsp3) is 0.0556. The number of hydrogen-bond donors (Lipinski definition) is 1. The van der Waals surface area contributed by atoms with E-state index in [9.17, 15) is 9.59 Å². The molecule has 25 heavy (non-hydrogen) atoms. The predicted octanol–water partition coefficient (Wildman–Crippen LogP) is 2.84. The van der Waals surface area contributed by atoms with Crippen LogP contribution in [-0.2, 0) is 0 Å². The van der Waals surface area contributed by atoms with E-state index in [-0.39, 0.29) is 5.82 Å². The molecule has 2 aliphatic heterocycles. The molecule has 0 bridgehead atoms. The quantitative estimate of drug-likeness (QED) is 0.562. The van der Waals surface area contributed by atoms with Crippen molar-refractivity contribution in [3.8, 4) is 22.8 Å². The van der Waals surface area contributed by atoms with E-state index in [0.29, 0.717) is 22.0 Å². The Hall–Kier alpha value is -3.12. The lowest BCUT2D eigenvalue weighted by atomic mass is 10.1. The molecule has 2 heterocycles. The SMILES string of the molecule is COc1ccc(-n2c3nc(=O)[nH]c(=O)c-3cc3ccccc32)cc1Cl. The fourth-order valence-corrected chi connectivity index (χ4v) is 3.14. The number of aromatic nitrogens is 3. The van der Waals surface area contributed by atoms with Crippen LogP contribution in [-0.4, -0.2) is 21.6 Å². The number of para-hydroxylation sites is 1. The van der Waals surface area contributed by atoms with Crippen molar-refractivity contribution in [2.24, 2.45) is 0 Å². The largest absolute Gasteiger partial charge is 0.495 e. The minimum Gasteiger partial charge on any atom is -0.495 e. The first-order valence-electron chi connectivity index (χ1n) is 7.47. The summed E-state index contributed by atoms with van der Waals surface area (Å²) >= 11 is 6.26. The molecule has 4 rings (SSSR count). The zero-order valence-electron chi connectivity index (χ0n) is 13.1. The van der Waals surface area contributed by atoms with E-state index in [1.54, 1.807) is 28.8 Å². The Morgan fingerprint density at radius 2 is 1.92 bits per heavy atom. The minimum absolute atomic E-state index is 0.272. The number of rotatable bonds is 2. The van der Waals surface area contributed by atoms with Crippen molar-refractivity contribution in [2.45, 2.75) is 0 Å². The second kappa shape index (κ2) is 5.75. The molecule has 124 valence electrons. The maximum atomic E-state index is 12.2. The highest BCUT2D eigenvalue weighted by Gasteiger charge is 2.18. The Morgan fingerprint density at radius 1 is 1.12 bits per heavy atom. The first kappa shape index (κ1) is 15.4. The van der Waals surface area contributed by atoms with E-state index in [2.05, 4.69) is 9.97 Å². The molecule has 0 radical (unpaired) electrons. The number of pyridine rings is 1. The number of hydrogen-bond acceptors (Lipinski definition) is 4. The van der Waals surface area contributed by atoms with Crippen LogP contribution in [0.15, 0.2) is 58.1 Å². The van der Waals surface area contributed by atoms with Crippen LogP contribution < -0.4 is 16.0 Å². The molecule has 0 fully saturated rings. The lowest BCUT2D eigenvalue weighted by Crippen LogP contribution is -2.27. The molecule has 0 spiro atoms. The van der Waals surface area contributed by atoms with Crippen LogP contribution in [0.4, 0.5) is 0 Å². The minimum atomic E-state index is -0.693. The van der Waals surface area contributed by atoms with Crippen LogP contribution in [0.3, 0.4) is 0 Å². The zero-order valence-corrected chi connectivity index (χ0v) is 13.9. The summed E-state index contributed by atoms with van der Waals surface area (Å²) in [6.45, 7) is 0. The van der Waals surface area contributed by atoms with Crippen molar-refractivity contribution in [2.75, 3.05) is 7.11 Å². The van der Waals surface area contributed by atoms with Gasteiger partial charge in [0.05, 0.1) is 23.2 Å². The molecule has 0 unspecified atom stereocenters. The van der Waals surface area contributed by atoms with Gasteiger partial charge in [-0.05, 0) is 35.7 Å². The summed E-state index contributed by atoms with van der Waals surface area (Å²) in [5, 5.41) is 1.26. The normalized spacial score (nSPS) is 11.1. The van der Waals surface area contributed by atoms with Gasteiger partial charge in [-0.2, -0.15) is 4.98 Å². The van der Waals surface area contributed by atoms with E-state index >= 15 is 0 Å². The smallest absolute Gasteiger partial charge is 0.349 e. The van der Waals surface area contributed by atoms with Crippen LogP contribution in [0, 0.1) is 0 Å². The number of benzene rings is 2. The molecule has 1 N–H and O–H groups in total. The Kier molecular flexibility index (Phi) is 3.54. The van der Waals surface area contributed by atoms with Gasteiger partial charge in [0.25, 0.3) is 5.56 Å².